The van der Waals surface area contributed by atoms with Gasteiger partial charge in [-0.25, -0.2) is 8.42 Å². The molecule has 0 bridgehead atoms. The molecule has 1 aliphatic carbocycles. The fraction of sp³-hybridized carbons (Fsp3) is 0.391. The molecule has 1 amide bonds. The molecule has 166 valence electrons. The lowest BCUT2D eigenvalue weighted by Gasteiger charge is -2.27. The largest absolute Gasteiger partial charge is 0.451 e. The first-order valence-electron chi connectivity index (χ1n) is 10.3. The van der Waals surface area contributed by atoms with Crippen molar-refractivity contribution in [2.24, 2.45) is 0 Å². The number of nitrogens with one attached hydrogen (secondary N) is 2. The molecule has 0 fully saturated rings. The Kier molecular flexibility index (Phi) is 7.12. The van der Waals surface area contributed by atoms with Crippen LogP contribution in [0.2, 0.25) is 0 Å². The quantitative estimate of drug-likeness (QED) is 0.640. The molecule has 0 heterocycles. The van der Waals surface area contributed by atoms with Gasteiger partial charge in [-0.05, 0) is 63.3 Å². The van der Waals surface area contributed by atoms with E-state index < -0.39 is 34.0 Å². The number of aryl methyl sites for hydroxylation is 2. The van der Waals surface area contributed by atoms with Crippen LogP contribution in [0.5, 0.6) is 0 Å². The zero-order valence-corrected chi connectivity index (χ0v) is 18.7. The number of carbonyl (C=O) groups is 2. The molecule has 0 saturated carbocycles. The summed E-state index contributed by atoms with van der Waals surface area (Å²) < 4.78 is 32.4. The number of esters is 1. The van der Waals surface area contributed by atoms with Crippen molar-refractivity contribution in [3.63, 3.8) is 0 Å². The Labute approximate surface area is 183 Å². The van der Waals surface area contributed by atoms with E-state index in [0.717, 1.165) is 30.4 Å². The molecular formula is C23H28N2O5S. The van der Waals surface area contributed by atoms with Crippen molar-refractivity contribution in [1.82, 2.24) is 10.0 Å². The van der Waals surface area contributed by atoms with Crippen molar-refractivity contribution in [2.75, 3.05) is 0 Å². The third kappa shape index (κ3) is 5.71. The van der Waals surface area contributed by atoms with Crippen molar-refractivity contribution in [2.45, 2.75) is 63.1 Å². The van der Waals surface area contributed by atoms with Crippen molar-refractivity contribution >= 4 is 21.9 Å². The molecule has 7 nitrogen and oxygen atoms in total. The van der Waals surface area contributed by atoms with E-state index in [-0.39, 0.29) is 10.9 Å². The maximum Gasteiger partial charge on any atom is 0.324 e. The van der Waals surface area contributed by atoms with Gasteiger partial charge in [-0.3, -0.25) is 9.59 Å². The van der Waals surface area contributed by atoms with Crippen LogP contribution in [0.3, 0.4) is 0 Å². The summed E-state index contributed by atoms with van der Waals surface area (Å²) in [6.07, 6.45) is 1.71. The summed E-state index contributed by atoms with van der Waals surface area (Å²) in [4.78, 5) is 25.0. The van der Waals surface area contributed by atoms with Gasteiger partial charge in [0.1, 0.15) is 6.04 Å². The van der Waals surface area contributed by atoms with Gasteiger partial charge in [0.05, 0.1) is 10.9 Å². The standard InChI is InChI=1S/C23H28N2O5S/c1-15-11-13-19(14-12-15)31(28,29)25-16(2)23(27)30-17(3)22(26)24-21-10-6-8-18-7-4-5-9-20(18)21/h4-5,7,9,11-14,16-17,21,25H,6,8,10H2,1-3H3,(H,24,26)/t16-,17?,21?/m0/s1. The molecule has 0 spiro atoms. The number of fused-ring (bicyclic) bond motifs is 1. The fourth-order valence-electron chi connectivity index (χ4n) is 3.59. The van der Waals surface area contributed by atoms with E-state index in [4.69, 9.17) is 4.74 Å². The second kappa shape index (κ2) is 9.62. The van der Waals surface area contributed by atoms with Gasteiger partial charge >= 0.3 is 5.97 Å². The van der Waals surface area contributed by atoms with E-state index in [1.807, 2.05) is 25.1 Å². The summed E-state index contributed by atoms with van der Waals surface area (Å²) in [5.74, 6) is -1.23. The van der Waals surface area contributed by atoms with Crippen LogP contribution in [-0.4, -0.2) is 32.4 Å². The second-order valence-electron chi connectivity index (χ2n) is 7.89. The number of ether oxygens (including phenoxy) is 1. The predicted octanol–water partition coefficient (Wildman–Crippen LogP) is 2.79. The van der Waals surface area contributed by atoms with Crippen molar-refractivity contribution in [1.29, 1.82) is 0 Å². The van der Waals surface area contributed by atoms with Crippen LogP contribution in [0.25, 0.3) is 0 Å². The van der Waals surface area contributed by atoms with E-state index >= 15 is 0 Å². The van der Waals surface area contributed by atoms with Gasteiger partial charge in [-0.1, -0.05) is 42.0 Å². The SMILES string of the molecule is Cc1ccc(S(=O)(=O)N[C@@H](C)C(=O)OC(C)C(=O)NC2CCCc3ccccc32)cc1. The Hall–Kier alpha value is -2.71. The molecule has 0 aromatic heterocycles. The predicted molar refractivity (Wildman–Crippen MR) is 117 cm³/mol. The lowest BCUT2D eigenvalue weighted by atomic mass is 9.87. The van der Waals surface area contributed by atoms with Crippen LogP contribution in [0.15, 0.2) is 53.4 Å². The molecule has 1 aliphatic rings. The van der Waals surface area contributed by atoms with Crippen molar-refractivity contribution < 1.29 is 22.7 Å². The third-order valence-corrected chi connectivity index (χ3v) is 6.92. The molecule has 2 unspecified atom stereocenters. The summed E-state index contributed by atoms with van der Waals surface area (Å²) in [5.41, 5.74) is 3.22. The second-order valence-corrected chi connectivity index (χ2v) is 9.60. The van der Waals surface area contributed by atoms with E-state index in [2.05, 4.69) is 16.1 Å². The van der Waals surface area contributed by atoms with Gasteiger partial charge in [0.25, 0.3) is 5.91 Å². The summed E-state index contributed by atoms with van der Waals surface area (Å²) in [7, 11) is -3.88. The lowest BCUT2D eigenvalue weighted by molar-refractivity contribution is -0.156. The van der Waals surface area contributed by atoms with Crippen molar-refractivity contribution in [3.8, 4) is 0 Å². The maximum absolute atomic E-state index is 12.6. The summed E-state index contributed by atoms with van der Waals surface area (Å²) >= 11 is 0. The molecule has 8 heteroatoms. The molecule has 3 rings (SSSR count). The molecule has 2 aromatic carbocycles. The first-order valence-corrected chi connectivity index (χ1v) is 11.8. The van der Waals surface area contributed by atoms with Crippen LogP contribution in [0.4, 0.5) is 0 Å². The number of carbonyl (C=O) groups excluding carboxylic acids is 2. The monoisotopic (exact) mass is 444 g/mol. The Bertz CT molecular complexity index is 1050. The topological polar surface area (TPSA) is 102 Å². The number of benzene rings is 2. The van der Waals surface area contributed by atoms with Crippen LogP contribution in [-0.2, 0) is 30.8 Å². The first kappa shape index (κ1) is 23.0. The Balaban J connectivity index is 1.57. The lowest BCUT2D eigenvalue weighted by Crippen LogP contribution is -2.44. The summed E-state index contributed by atoms with van der Waals surface area (Å²) in [5, 5.41) is 2.94. The summed E-state index contributed by atoms with van der Waals surface area (Å²) in [6.45, 7) is 4.71. The fourth-order valence-corrected chi connectivity index (χ4v) is 4.78. The highest BCUT2D eigenvalue weighted by atomic mass is 32.2. The van der Waals surface area contributed by atoms with Gasteiger partial charge in [-0.2, -0.15) is 4.72 Å². The van der Waals surface area contributed by atoms with E-state index in [0.29, 0.717) is 0 Å². The molecule has 0 radical (unpaired) electrons. The molecule has 2 aromatic rings. The van der Waals surface area contributed by atoms with E-state index in [1.165, 1.54) is 31.5 Å². The van der Waals surface area contributed by atoms with Gasteiger partial charge in [0.2, 0.25) is 10.0 Å². The molecule has 3 atom stereocenters. The molecular weight excluding hydrogens is 416 g/mol. The van der Waals surface area contributed by atoms with E-state index in [1.54, 1.807) is 12.1 Å². The highest BCUT2D eigenvalue weighted by molar-refractivity contribution is 7.89. The number of rotatable bonds is 7. The average Bonchev–Trinajstić information content (AvgIpc) is 2.74. The van der Waals surface area contributed by atoms with Gasteiger partial charge < -0.3 is 10.1 Å². The zero-order valence-electron chi connectivity index (χ0n) is 17.9. The zero-order chi connectivity index (χ0) is 22.6. The summed E-state index contributed by atoms with van der Waals surface area (Å²) in [6, 6.07) is 13.0. The van der Waals surface area contributed by atoms with Crippen molar-refractivity contribution in [3.05, 3.63) is 65.2 Å². The first-order chi connectivity index (χ1) is 14.7. The van der Waals surface area contributed by atoms with Crippen LogP contribution in [0, 0.1) is 6.92 Å². The normalized spacial score (nSPS) is 17.8. The minimum absolute atomic E-state index is 0.0551. The van der Waals surface area contributed by atoms with Crippen LogP contribution >= 0.6 is 0 Å². The highest BCUT2D eigenvalue weighted by Gasteiger charge is 2.28. The minimum atomic E-state index is -3.88. The Morgan fingerprint density at radius 3 is 2.45 bits per heavy atom. The van der Waals surface area contributed by atoms with E-state index in [9.17, 15) is 18.0 Å². The smallest absolute Gasteiger partial charge is 0.324 e. The van der Waals surface area contributed by atoms with Gasteiger partial charge in [-0.15, -0.1) is 0 Å². The Morgan fingerprint density at radius 2 is 1.74 bits per heavy atom. The number of hydrogen-bond acceptors (Lipinski definition) is 5. The number of sulfonamides is 1. The number of amides is 1. The third-order valence-electron chi connectivity index (χ3n) is 5.36. The average molecular weight is 445 g/mol. The Morgan fingerprint density at radius 1 is 1.06 bits per heavy atom. The maximum atomic E-state index is 12.6. The van der Waals surface area contributed by atoms with Gasteiger partial charge in [0, 0.05) is 0 Å². The highest BCUT2D eigenvalue weighted by Crippen LogP contribution is 2.29. The van der Waals surface area contributed by atoms with Gasteiger partial charge in [0.15, 0.2) is 6.10 Å². The molecule has 0 saturated heterocycles. The molecule has 2 N–H and O–H groups in total. The van der Waals surface area contributed by atoms with Crippen LogP contribution in [0.1, 0.15) is 49.4 Å². The van der Waals surface area contributed by atoms with Crippen LogP contribution < -0.4 is 10.0 Å². The molecule has 31 heavy (non-hydrogen) atoms. The number of hydrogen-bond donors (Lipinski definition) is 2. The molecule has 0 aliphatic heterocycles. The minimum Gasteiger partial charge on any atom is -0.451 e.